The Morgan fingerprint density at radius 1 is 1.08 bits per heavy atom. The highest BCUT2D eigenvalue weighted by Crippen LogP contribution is 2.40. The predicted molar refractivity (Wildman–Crippen MR) is 204 cm³/mol. The number of amides is 1. The van der Waals surface area contributed by atoms with E-state index >= 15 is 0 Å². The van der Waals surface area contributed by atoms with E-state index < -0.39 is 10.0 Å². The summed E-state index contributed by atoms with van der Waals surface area (Å²) in [5, 5.41) is 20.4. The van der Waals surface area contributed by atoms with Crippen LogP contribution in [0.15, 0.2) is 36.5 Å². The van der Waals surface area contributed by atoms with Crippen molar-refractivity contribution in [3.63, 3.8) is 0 Å². The van der Waals surface area contributed by atoms with Gasteiger partial charge in [0.2, 0.25) is 21.9 Å². The zero-order chi connectivity index (χ0) is 36.0. The molecule has 2 aliphatic rings. The first-order valence-electron chi connectivity index (χ1n) is 16.4. The zero-order valence-electron chi connectivity index (χ0n) is 28.7. The summed E-state index contributed by atoms with van der Waals surface area (Å²) < 4.78 is 31.5. The number of carbonyl (C=O) groups excluding carboxylic acids is 1. The van der Waals surface area contributed by atoms with Gasteiger partial charge in [0.25, 0.3) is 0 Å². The minimum Gasteiger partial charge on any atom is -0.508 e. The van der Waals surface area contributed by atoms with E-state index in [1.54, 1.807) is 7.11 Å². The summed E-state index contributed by atoms with van der Waals surface area (Å²) in [4.78, 5) is 29.2. The number of piperazine rings is 1. The molecule has 0 radical (unpaired) electrons. The third-order valence-electron chi connectivity index (χ3n) is 9.05. The van der Waals surface area contributed by atoms with Gasteiger partial charge < -0.3 is 35.6 Å². The number of nitrogens with zero attached hydrogens (tertiary/aromatic N) is 6. The SMILES string of the molecule is COc1cc(N2CCC(N3CCN(C)CC3)CC2)c(NC(=O)CCCBr)cc1Nc1ncc(Cl)c(Nc2ccc(O)cc2N(C)S(C)(=O)=O)n1. The molecule has 3 aromatic rings. The standard InChI is InChI=1S/C33H45BrClN9O5S/c1-41-14-16-43(17-15-41)22-9-12-44(13-10-22)29-20-30(49-3)27(19-26(29)37-31(46)6-5-11-34)39-33-36-21-24(35)32(40-33)38-25-8-7-23(45)18-28(25)42(2)50(4,47)48/h7-8,18-22,45H,5-6,9-17H2,1-4H3,(H,37,46)(H2,36,38,39,40). The van der Waals surface area contributed by atoms with Crippen LogP contribution < -0.4 is 29.9 Å². The van der Waals surface area contributed by atoms with Crippen molar-refractivity contribution in [1.29, 1.82) is 0 Å². The van der Waals surface area contributed by atoms with Crippen molar-refractivity contribution >= 4 is 83.7 Å². The van der Waals surface area contributed by atoms with Gasteiger partial charge in [0.05, 0.1) is 48.0 Å². The van der Waals surface area contributed by atoms with Gasteiger partial charge in [0.15, 0.2) is 5.82 Å². The van der Waals surface area contributed by atoms with E-state index in [2.05, 4.69) is 63.6 Å². The number of phenols is 1. The maximum Gasteiger partial charge on any atom is 0.232 e. The highest BCUT2D eigenvalue weighted by atomic mass is 79.9. The van der Waals surface area contributed by atoms with Crippen molar-refractivity contribution < 1.29 is 23.1 Å². The molecule has 1 aromatic heterocycles. The summed E-state index contributed by atoms with van der Waals surface area (Å²) in [7, 11) is 1.49. The van der Waals surface area contributed by atoms with Crippen molar-refractivity contribution in [3.05, 3.63) is 41.6 Å². The molecule has 272 valence electrons. The number of aromatic hydroxyl groups is 1. The molecule has 0 bridgehead atoms. The Hall–Kier alpha value is -3.57. The van der Waals surface area contributed by atoms with Crippen LogP contribution in [-0.2, 0) is 14.8 Å². The third-order valence-corrected chi connectivity index (χ3v) is 11.1. The van der Waals surface area contributed by atoms with Crippen molar-refractivity contribution in [1.82, 2.24) is 19.8 Å². The van der Waals surface area contributed by atoms with E-state index in [1.807, 2.05) is 12.1 Å². The van der Waals surface area contributed by atoms with E-state index in [4.69, 9.17) is 16.3 Å². The molecule has 5 rings (SSSR count). The summed E-state index contributed by atoms with van der Waals surface area (Å²) in [5.74, 6) is 0.696. The number of carbonyl (C=O) groups is 1. The third kappa shape index (κ3) is 9.40. The Labute approximate surface area is 307 Å². The minimum absolute atomic E-state index is 0.0906. The number of alkyl halides is 1. The minimum atomic E-state index is -3.64. The normalized spacial score (nSPS) is 16.2. The van der Waals surface area contributed by atoms with E-state index in [0.29, 0.717) is 41.7 Å². The largest absolute Gasteiger partial charge is 0.508 e. The van der Waals surface area contributed by atoms with Gasteiger partial charge in [-0.1, -0.05) is 27.5 Å². The average Bonchev–Trinajstić information content (AvgIpc) is 3.09. The van der Waals surface area contributed by atoms with E-state index in [-0.39, 0.29) is 34.1 Å². The summed E-state index contributed by atoms with van der Waals surface area (Å²) in [6.07, 6.45) is 5.60. The van der Waals surface area contributed by atoms with Crippen LogP contribution in [0.25, 0.3) is 0 Å². The first-order chi connectivity index (χ1) is 23.9. The van der Waals surface area contributed by atoms with Crippen LogP contribution in [0.1, 0.15) is 25.7 Å². The van der Waals surface area contributed by atoms with Crippen LogP contribution >= 0.6 is 27.5 Å². The number of nitrogens with one attached hydrogen (secondary N) is 3. The molecule has 0 aliphatic carbocycles. The molecule has 50 heavy (non-hydrogen) atoms. The lowest BCUT2D eigenvalue weighted by Crippen LogP contribution is -2.52. The van der Waals surface area contributed by atoms with Crippen LogP contribution in [0.4, 0.5) is 40.2 Å². The van der Waals surface area contributed by atoms with Gasteiger partial charge in [-0.3, -0.25) is 14.0 Å². The topological polar surface area (TPSA) is 156 Å². The molecule has 4 N–H and O–H groups in total. The van der Waals surface area contributed by atoms with Gasteiger partial charge in [-0.25, -0.2) is 13.4 Å². The summed E-state index contributed by atoms with van der Waals surface area (Å²) >= 11 is 9.89. The predicted octanol–water partition coefficient (Wildman–Crippen LogP) is 5.06. The van der Waals surface area contributed by atoms with E-state index in [1.165, 1.54) is 31.4 Å². The second-order valence-electron chi connectivity index (χ2n) is 12.5. The molecule has 1 amide bonds. The molecule has 0 unspecified atom stereocenters. The number of benzene rings is 2. The van der Waals surface area contributed by atoms with Crippen LogP contribution in [0.2, 0.25) is 5.02 Å². The van der Waals surface area contributed by atoms with Gasteiger partial charge in [-0.2, -0.15) is 4.98 Å². The average molecular weight is 795 g/mol. The maximum absolute atomic E-state index is 13.0. The smallest absolute Gasteiger partial charge is 0.232 e. The number of piperidine rings is 1. The first-order valence-corrected chi connectivity index (χ1v) is 19.8. The maximum atomic E-state index is 13.0. The number of ether oxygens (including phenoxy) is 1. The van der Waals surface area contributed by atoms with E-state index in [0.717, 1.165) is 73.7 Å². The van der Waals surface area contributed by atoms with Crippen molar-refractivity contribution in [3.8, 4) is 11.5 Å². The number of hydrogen-bond donors (Lipinski definition) is 4. The lowest BCUT2D eigenvalue weighted by atomic mass is 10.0. The Morgan fingerprint density at radius 3 is 2.46 bits per heavy atom. The Kier molecular flexibility index (Phi) is 12.5. The summed E-state index contributed by atoms with van der Waals surface area (Å²) in [6.45, 7) is 6.04. The number of rotatable bonds is 13. The van der Waals surface area contributed by atoms with Gasteiger partial charge >= 0.3 is 0 Å². The number of halogens is 2. The van der Waals surface area contributed by atoms with Crippen LogP contribution in [0, 0.1) is 0 Å². The lowest BCUT2D eigenvalue weighted by molar-refractivity contribution is -0.116. The highest BCUT2D eigenvalue weighted by molar-refractivity contribution is 9.09. The molecule has 3 heterocycles. The number of aromatic nitrogens is 2. The van der Waals surface area contributed by atoms with Crippen molar-refractivity contribution in [2.75, 3.05) is 97.2 Å². The Bertz CT molecular complexity index is 1770. The molecule has 0 atom stereocenters. The second-order valence-corrected chi connectivity index (χ2v) is 15.8. The number of anilines is 7. The molecular weight excluding hydrogens is 750 g/mol. The van der Waals surface area contributed by atoms with E-state index in [9.17, 15) is 18.3 Å². The fourth-order valence-corrected chi connectivity index (χ4v) is 7.05. The summed E-state index contributed by atoms with van der Waals surface area (Å²) in [5.41, 5.74) is 2.59. The molecule has 2 saturated heterocycles. The van der Waals surface area contributed by atoms with Crippen molar-refractivity contribution in [2.45, 2.75) is 31.7 Å². The number of likely N-dealkylation sites (N-methyl/N-ethyl adjacent to an activating group) is 1. The van der Waals surface area contributed by atoms with Gasteiger partial charge in [-0.05, 0) is 44.5 Å². The molecule has 17 heteroatoms. The van der Waals surface area contributed by atoms with Crippen LogP contribution in [-0.4, -0.2) is 117 Å². The molecule has 2 aromatic carbocycles. The van der Waals surface area contributed by atoms with Gasteiger partial charge in [0, 0.05) is 76.2 Å². The number of sulfonamides is 1. The fourth-order valence-electron chi connectivity index (χ4n) is 6.12. The molecule has 2 fully saturated rings. The van der Waals surface area contributed by atoms with Crippen LogP contribution in [0.3, 0.4) is 0 Å². The fraction of sp³-hybridized carbons (Fsp3) is 0.485. The Balaban J connectivity index is 1.41. The molecular formula is C33H45BrClN9O5S. The number of methoxy groups -OCH3 is 1. The molecule has 0 spiro atoms. The molecule has 0 saturated carbocycles. The van der Waals surface area contributed by atoms with Gasteiger partial charge in [-0.15, -0.1) is 0 Å². The van der Waals surface area contributed by atoms with Crippen molar-refractivity contribution in [2.24, 2.45) is 0 Å². The summed E-state index contributed by atoms with van der Waals surface area (Å²) in [6, 6.07) is 8.57. The molecule has 14 nitrogen and oxygen atoms in total. The quantitative estimate of drug-likeness (QED) is 0.135. The van der Waals surface area contributed by atoms with Gasteiger partial charge in [0.1, 0.15) is 16.5 Å². The first kappa shape index (κ1) is 37.7. The van der Waals surface area contributed by atoms with Crippen LogP contribution in [0.5, 0.6) is 11.5 Å². The number of phenolic OH excluding ortho intramolecular Hbond substituents is 1. The molecule has 2 aliphatic heterocycles. The number of hydrogen-bond acceptors (Lipinski definition) is 12. The highest BCUT2D eigenvalue weighted by Gasteiger charge is 2.29. The second kappa shape index (κ2) is 16.6. The monoisotopic (exact) mass is 793 g/mol. The Morgan fingerprint density at radius 2 is 1.80 bits per heavy atom. The zero-order valence-corrected chi connectivity index (χ0v) is 31.9. The lowest BCUT2D eigenvalue weighted by Gasteiger charge is -2.43.